The van der Waals surface area contributed by atoms with Crippen LogP contribution in [-0.4, -0.2) is 24.2 Å². The highest BCUT2D eigenvalue weighted by Gasteiger charge is 2.36. The molecule has 1 saturated heterocycles. The molecule has 6 heteroatoms. The Bertz CT molecular complexity index is 386. The van der Waals surface area contributed by atoms with Crippen LogP contribution in [0, 0.1) is 12.3 Å². The average Bonchev–Trinajstić information content (AvgIpc) is 2.85. The van der Waals surface area contributed by atoms with Crippen LogP contribution in [0.5, 0.6) is 0 Å². The normalized spacial score (nSPS) is 23.2. The highest BCUT2D eigenvalue weighted by Crippen LogP contribution is 2.24. The lowest BCUT2D eigenvalue weighted by molar-refractivity contribution is -0.129. The van der Waals surface area contributed by atoms with Gasteiger partial charge in [0.1, 0.15) is 0 Å². The second-order valence-corrected chi connectivity index (χ2v) is 4.60. The van der Waals surface area contributed by atoms with Crippen molar-refractivity contribution < 1.29 is 9.32 Å². The number of carbonyl (C=O) groups excluding carboxylic acids is 1. The maximum absolute atomic E-state index is 11.9. The lowest BCUT2D eigenvalue weighted by Gasteiger charge is -2.20. The zero-order valence-electron chi connectivity index (χ0n) is 10.1. The molecule has 0 saturated carbocycles. The molecule has 1 unspecified atom stereocenters. The van der Waals surface area contributed by atoms with Crippen LogP contribution in [0.25, 0.3) is 0 Å². The van der Waals surface area contributed by atoms with Crippen molar-refractivity contribution in [2.45, 2.75) is 26.8 Å². The van der Waals surface area contributed by atoms with Crippen LogP contribution < -0.4 is 10.6 Å². The summed E-state index contributed by atoms with van der Waals surface area (Å²) in [5.74, 6) is 0.770. The van der Waals surface area contributed by atoms with Crippen LogP contribution >= 0.6 is 12.4 Å². The third-order valence-corrected chi connectivity index (χ3v) is 3.02. The Morgan fingerprint density at radius 1 is 1.71 bits per heavy atom. The molecule has 1 atom stereocenters. The van der Waals surface area contributed by atoms with E-state index < -0.39 is 0 Å². The number of carbonyl (C=O) groups is 1. The van der Waals surface area contributed by atoms with E-state index in [0.29, 0.717) is 12.3 Å². The summed E-state index contributed by atoms with van der Waals surface area (Å²) in [4.78, 5) is 11.9. The Morgan fingerprint density at radius 3 is 3.00 bits per heavy atom. The highest BCUT2D eigenvalue weighted by molar-refractivity contribution is 5.85. The van der Waals surface area contributed by atoms with Gasteiger partial charge >= 0.3 is 0 Å². The van der Waals surface area contributed by atoms with Gasteiger partial charge in [-0.05, 0) is 26.8 Å². The molecule has 0 bridgehead atoms. The van der Waals surface area contributed by atoms with E-state index in [2.05, 4.69) is 15.8 Å². The molecular formula is C11H18ClN3O2. The number of aromatic nitrogens is 1. The molecule has 17 heavy (non-hydrogen) atoms. The zero-order chi connectivity index (χ0) is 11.6. The number of rotatable bonds is 3. The van der Waals surface area contributed by atoms with E-state index in [4.69, 9.17) is 4.52 Å². The van der Waals surface area contributed by atoms with Gasteiger partial charge in [-0.15, -0.1) is 12.4 Å². The number of hydrogen-bond acceptors (Lipinski definition) is 4. The van der Waals surface area contributed by atoms with Gasteiger partial charge in [0.2, 0.25) is 5.91 Å². The third kappa shape index (κ3) is 3.20. The summed E-state index contributed by atoms with van der Waals surface area (Å²) in [6, 6.07) is 1.83. The summed E-state index contributed by atoms with van der Waals surface area (Å²) >= 11 is 0. The Hall–Kier alpha value is -1.07. The smallest absolute Gasteiger partial charge is 0.227 e. The van der Waals surface area contributed by atoms with Crippen molar-refractivity contribution in [1.82, 2.24) is 15.8 Å². The van der Waals surface area contributed by atoms with Gasteiger partial charge in [0, 0.05) is 12.6 Å². The molecule has 0 spiro atoms. The molecule has 1 aromatic heterocycles. The van der Waals surface area contributed by atoms with Crippen molar-refractivity contribution in [3.8, 4) is 0 Å². The first-order valence-electron chi connectivity index (χ1n) is 5.51. The molecule has 1 fully saturated rings. The zero-order valence-corrected chi connectivity index (χ0v) is 10.9. The molecule has 1 aromatic rings. The number of hydrogen-bond donors (Lipinski definition) is 2. The maximum Gasteiger partial charge on any atom is 0.227 e. The summed E-state index contributed by atoms with van der Waals surface area (Å²) in [6.45, 7) is 5.90. The summed E-state index contributed by atoms with van der Waals surface area (Å²) in [5, 5.41) is 9.85. The van der Waals surface area contributed by atoms with E-state index in [1.54, 1.807) is 0 Å². The van der Waals surface area contributed by atoms with Crippen LogP contribution in [0.15, 0.2) is 10.6 Å². The summed E-state index contributed by atoms with van der Waals surface area (Å²) < 4.78 is 5.03. The van der Waals surface area contributed by atoms with Crippen molar-refractivity contribution in [1.29, 1.82) is 0 Å². The summed E-state index contributed by atoms with van der Waals surface area (Å²) in [6.07, 6.45) is 0.883. The fourth-order valence-electron chi connectivity index (χ4n) is 1.89. The number of nitrogens with one attached hydrogen (secondary N) is 2. The van der Waals surface area contributed by atoms with Gasteiger partial charge in [-0.25, -0.2) is 0 Å². The minimum absolute atomic E-state index is 0. The molecule has 5 nitrogen and oxygen atoms in total. The number of nitrogens with zero attached hydrogens (tertiary/aromatic N) is 1. The van der Waals surface area contributed by atoms with Crippen molar-refractivity contribution in [3.63, 3.8) is 0 Å². The van der Waals surface area contributed by atoms with Crippen molar-refractivity contribution in [2.24, 2.45) is 5.41 Å². The van der Waals surface area contributed by atoms with Gasteiger partial charge in [-0.2, -0.15) is 0 Å². The number of halogens is 1. The Kier molecular flexibility index (Phi) is 4.54. The van der Waals surface area contributed by atoms with E-state index in [-0.39, 0.29) is 23.7 Å². The molecule has 1 aliphatic heterocycles. The largest absolute Gasteiger partial charge is 0.359 e. The first-order valence-corrected chi connectivity index (χ1v) is 5.51. The lowest BCUT2D eigenvalue weighted by atomic mass is 9.89. The SMILES string of the molecule is Cc1cc(CNC(=O)C2(C)CCNC2)on1.Cl. The van der Waals surface area contributed by atoms with Crippen LogP contribution in [0.3, 0.4) is 0 Å². The number of aryl methyl sites for hydroxylation is 1. The van der Waals surface area contributed by atoms with E-state index >= 15 is 0 Å². The van der Waals surface area contributed by atoms with E-state index in [0.717, 1.165) is 25.2 Å². The molecule has 1 amide bonds. The van der Waals surface area contributed by atoms with Gasteiger partial charge in [-0.3, -0.25) is 4.79 Å². The Balaban J connectivity index is 0.00000144. The van der Waals surface area contributed by atoms with Crippen LogP contribution in [0.2, 0.25) is 0 Å². The Labute approximate surface area is 107 Å². The van der Waals surface area contributed by atoms with E-state index in [9.17, 15) is 4.79 Å². The van der Waals surface area contributed by atoms with Gasteiger partial charge < -0.3 is 15.2 Å². The highest BCUT2D eigenvalue weighted by atomic mass is 35.5. The second kappa shape index (κ2) is 5.51. The molecule has 0 radical (unpaired) electrons. The topological polar surface area (TPSA) is 67.2 Å². The Morgan fingerprint density at radius 2 is 2.47 bits per heavy atom. The van der Waals surface area contributed by atoms with Crippen LogP contribution in [0.1, 0.15) is 24.8 Å². The molecular weight excluding hydrogens is 242 g/mol. The van der Waals surface area contributed by atoms with E-state index in [1.807, 2.05) is 19.9 Å². The maximum atomic E-state index is 11.9. The first kappa shape index (κ1) is 14.0. The lowest BCUT2D eigenvalue weighted by Crippen LogP contribution is -2.39. The van der Waals surface area contributed by atoms with Gasteiger partial charge in [0.25, 0.3) is 0 Å². The third-order valence-electron chi connectivity index (χ3n) is 3.02. The van der Waals surface area contributed by atoms with Crippen LogP contribution in [-0.2, 0) is 11.3 Å². The van der Waals surface area contributed by atoms with Crippen LogP contribution in [0.4, 0.5) is 0 Å². The molecule has 2 heterocycles. The average molecular weight is 260 g/mol. The van der Waals surface area contributed by atoms with Crippen molar-refractivity contribution >= 4 is 18.3 Å². The predicted molar refractivity (Wildman–Crippen MR) is 65.9 cm³/mol. The minimum Gasteiger partial charge on any atom is -0.359 e. The van der Waals surface area contributed by atoms with Crippen molar-refractivity contribution in [2.75, 3.05) is 13.1 Å². The monoisotopic (exact) mass is 259 g/mol. The molecule has 2 N–H and O–H groups in total. The fraction of sp³-hybridized carbons (Fsp3) is 0.636. The number of amides is 1. The molecule has 96 valence electrons. The molecule has 0 aromatic carbocycles. The fourth-order valence-corrected chi connectivity index (χ4v) is 1.89. The summed E-state index contributed by atoms with van der Waals surface area (Å²) in [5.41, 5.74) is 0.549. The molecule has 1 aliphatic rings. The molecule has 0 aliphatic carbocycles. The quantitative estimate of drug-likeness (QED) is 0.851. The van der Waals surface area contributed by atoms with E-state index in [1.165, 1.54) is 0 Å². The molecule has 2 rings (SSSR count). The minimum atomic E-state index is -0.283. The van der Waals surface area contributed by atoms with Gasteiger partial charge in [0.15, 0.2) is 5.76 Å². The van der Waals surface area contributed by atoms with Gasteiger partial charge in [0.05, 0.1) is 17.7 Å². The predicted octanol–water partition coefficient (Wildman–Crippen LogP) is 1.02. The second-order valence-electron chi connectivity index (χ2n) is 4.60. The first-order chi connectivity index (χ1) is 7.60. The van der Waals surface area contributed by atoms with Crippen molar-refractivity contribution in [3.05, 3.63) is 17.5 Å². The standard InChI is InChI=1S/C11H17N3O2.ClH/c1-8-5-9(16-14-8)6-13-10(15)11(2)3-4-12-7-11;/h5,12H,3-4,6-7H2,1-2H3,(H,13,15);1H. The summed E-state index contributed by atoms with van der Waals surface area (Å²) in [7, 11) is 0. The van der Waals surface area contributed by atoms with Gasteiger partial charge in [-0.1, -0.05) is 5.16 Å².